The second-order valence-corrected chi connectivity index (χ2v) is 7.53. The molecule has 1 aromatic carbocycles. The Morgan fingerprint density at radius 3 is 2.69 bits per heavy atom. The predicted molar refractivity (Wildman–Crippen MR) is 109 cm³/mol. The number of thiocarbonyl (C=S) groups is 1. The first-order valence-electron chi connectivity index (χ1n) is 7.65. The lowest BCUT2D eigenvalue weighted by Gasteiger charge is -2.15. The molecule has 10 heteroatoms. The van der Waals surface area contributed by atoms with Crippen LogP contribution >= 0.6 is 35.6 Å². The molecule has 2 aliphatic rings. The summed E-state index contributed by atoms with van der Waals surface area (Å²) < 4.78 is 1.32. The van der Waals surface area contributed by atoms with Gasteiger partial charge in [-0.3, -0.25) is 0 Å². The first kappa shape index (κ1) is 18.7. The Hall–Kier alpha value is -2.10. The van der Waals surface area contributed by atoms with Gasteiger partial charge in [-0.2, -0.15) is 14.5 Å². The lowest BCUT2D eigenvalue weighted by molar-refractivity contribution is -0.401. The molecule has 0 spiro atoms. The summed E-state index contributed by atoms with van der Waals surface area (Å²) in [6.45, 7) is 0. The van der Waals surface area contributed by atoms with Crippen molar-refractivity contribution < 1.29 is 14.2 Å². The summed E-state index contributed by atoms with van der Waals surface area (Å²) in [5.41, 5.74) is 1.07. The Balaban J connectivity index is 1.57. The third-order valence-electron chi connectivity index (χ3n) is 3.71. The highest BCUT2D eigenvalue weighted by molar-refractivity contribution is 8.14. The van der Waals surface area contributed by atoms with Gasteiger partial charge in [-0.05, 0) is 24.3 Å². The zero-order valence-corrected chi connectivity index (χ0v) is 16.4. The van der Waals surface area contributed by atoms with Crippen molar-refractivity contribution in [1.82, 2.24) is 4.90 Å². The lowest BCUT2D eigenvalue weighted by Crippen LogP contribution is -2.51. The van der Waals surface area contributed by atoms with E-state index in [1.54, 1.807) is 19.2 Å². The van der Waals surface area contributed by atoms with Gasteiger partial charge in [-0.15, -0.1) is 0 Å². The van der Waals surface area contributed by atoms with Crippen LogP contribution in [0.4, 0.5) is 10.5 Å². The van der Waals surface area contributed by atoms with Crippen LogP contribution in [0.1, 0.15) is 6.42 Å². The highest BCUT2D eigenvalue weighted by Gasteiger charge is 2.44. The number of thioether (sulfide) groups is 1. The third kappa shape index (κ3) is 3.84. The van der Waals surface area contributed by atoms with Crippen molar-refractivity contribution in [1.29, 1.82) is 0 Å². The van der Waals surface area contributed by atoms with Gasteiger partial charge in [0.2, 0.25) is 5.71 Å². The second-order valence-electron chi connectivity index (χ2n) is 5.54. The van der Waals surface area contributed by atoms with Crippen molar-refractivity contribution in [3.8, 4) is 0 Å². The number of nitrogens with zero attached hydrogens (tertiary/aromatic N) is 4. The Bertz CT molecular complexity index is 892. The van der Waals surface area contributed by atoms with Gasteiger partial charge in [0.05, 0.1) is 19.1 Å². The summed E-state index contributed by atoms with van der Waals surface area (Å²) in [5.74, 6) is 0.495. The van der Waals surface area contributed by atoms with Crippen molar-refractivity contribution in [3.63, 3.8) is 0 Å². The van der Waals surface area contributed by atoms with Gasteiger partial charge in [-0.25, -0.2) is 9.59 Å². The summed E-state index contributed by atoms with van der Waals surface area (Å²) in [7, 11) is 2.99. The Labute approximate surface area is 164 Å². The smallest absolute Gasteiger partial charge is 0.350 e. The Kier molecular flexibility index (Phi) is 5.49. The van der Waals surface area contributed by atoms with E-state index in [2.05, 4.69) is 15.3 Å². The zero-order chi connectivity index (χ0) is 18.8. The van der Waals surface area contributed by atoms with Crippen LogP contribution in [0.2, 0.25) is 5.02 Å². The Morgan fingerprint density at radius 1 is 1.31 bits per heavy atom. The quantitative estimate of drug-likeness (QED) is 0.612. The second kappa shape index (κ2) is 7.65. The summed E-state index contributed by atoms with van der Waals surface area (Å²) in [4.78, 5) is 34.3. The molecule has 1 N–H and O–H groups in total. The van der Waals surface area contributed by atoms with Gasteiger partial charge in [0.1, 0.15) is 0 Å². The topological polar surface area (TPSA) is 77.1 Å². The highest BCUT2D eigenvalue weighted by atomic mass is 35.5. The lowest BCUT2D eigenvalue weighted by atomic mass is 10.2. The first-order valence-corrected chi connectivity index (χ1v) is 9.42. The minimum absolute atomic E-state index is 0.193. The molecular weight excluding hydrogens is 394 g/mol. The van der Waals surface area contributed by atoms with Crippen molar-refractivity contribution >= 4 is 74.9 Å². The summed E-state index contributed by atoms with van der Waals surface area (Å²) in [6.07, 6.45) is 0.616. The molecule has 134 valence electrons. The average molecular weight is 409 g/mol. The molecule has 2 heterocycles. The molecule has 0 aromatic heterocycles. The molecule has 3 rings (SSSR count). The third-order valence-corrected chi connectivity index (χ3v) is 5.12. The van der Waals surface area contributed by atoms with Crippen molar-refractivity contribution in [2.45, 2.75) is 6.42 Å². The molecule has 3 amide bonds. The number of urea groups is 1. The molecule has 0 bridgehead atoms. The van der Waals surface area contributed by atoms with Gasteiger partial charge in [0.25, 0.3) is 5.17 Å². The normalized spacial score (nSPS) is 16.5. The number of amides is 3. The maximum absolute atomic E-state index is 12.1. The van der Waals surface area contributed by atoms with Gasteiger partial charge in [0, 0.05) is 22.9 Å². The Morgan fingerprint density at radius 2 is 2.00 bits per heavy atom. The van der Waals surface area contributed by atoms with Gasteiger partial charge < -0.3 is 5.32 Å². The average Bonchev–Trinajstić information content (AvgIpc) is 3.04. The maximum Gasteiger partial charge on any atom is 0.446 e. The molecule has 26 heavy (non-hydrogen) atoms. The van der Waals surface area contributed by atoms with E-state index in [1.807, 2.05) is 12.1 Å². The van der Waals surface area contributed by atoms with E-state index in [4.69, 9.17) is 23.8 Å². The molecule has 0 atom stereocenters. The van der Waals surface area contributed by atoms with E-state index in [0.717, 1.165) is 10.6 Å². The fourth-order valence-electron chi connectivity index (χ4n) is 2.31. The monoisotopic (exact) mass is 408 g/mol. The standard InChI is InChI=1S/C16H14ClN5O2S2/c1-21-13-12(14(23)22(2)16(21)24)19-15(20-13)26-8-7-11(25)18-10-5-3-9(17)4-6-10/h3-6H,7-8H2,1-2H3/p+1. The molecule has 0 saturated heterocycles. The number of amidine groups is 2. The number of carbonyl (C=O) groups excluding carboxylic acids is 2. The van der Waals surface area contributed by atoms with Crippen molar-refractivity contribution in [2.24, 2.45) is 9.98 Å². The number of imide groups is 1. The number of rotatable bonds is 4. The molecule has 0 aliphatic carbocycles. The molecule has 2 aliphatic heterocycles. The van der Waals surface area contributed by atoms with Crippen LogP contribution in [0.15, 0.2) is 34.3 Å². The highest BCUT2D eigenvalue weighted by Crippen LogP contribution is 2.18. The van der Waals surface area contributed by atoms with Gasteiger partial charge in [0.15, 0.2) is 0 Å². The number of nitrogens with one attached hydrogen (secondary N) is 1. The number of aliphatic imine (C=N–C) groups is 2. The summed E-state index contributed by atoms with van der Waals surface area (Å²) in [6, 6.07) is 6.85. The number of carbonyl (C=O) groups is 2. The molecule has 1 aromatic rings. The van der Waals surface area contributed by atoms with Crippen molar-refractivity contribution in [2.75, 3.05) is 25.2 Å². The van der Waals surface area contributed by atoms with E-state index in [1.165, 1.54) is 23.4 Å². The number of hydrogen-bond acceptors (Lipinski definition) is 6. The SMILES string of the molecule is CN1C(=O)C2=NC(SCCC(=S)Nc3ccc(Cl)cc3)=NC2=[N+](C)C1=O. The summed E-state index contributed by atoms with van der Waals surface area (Å²) in [5, 5.41) is 4.25. The van der Waals surface area contributed by atoms with Crippen molar-refractivity contribution in [3.05, 3.63) is 29.3 Å². The van der Waals surface area contributed by atoms with E-state index >= 15 is 0 Å². The van der Waals surface area contributed by atoms with Crippen LogP contribution < -0.4 is 5.32 Å². The van der Waals surface area contributed by atoms with Crippen LogP contribution in [-0.2, 0) is 4.79 Å². The number of hydrogen-bond donors (Lipinski definition) is 1. The zero-order valence-electron chi connectivity index (χ0n) is 14.0. The molecule has 0 fully saturated rings. The fraction of sp³-hybridized carbons (Fsp3) is 0.250. The molecule has 0 radical (unpaired) electrons. The number of halogens is 1. The van der Waals surface area contributed by atoms with Crippen LogP contribution in [-0.4, -0.2) is 63.0 Å². The van der Waals surface area contributed by atoms with Crippen LogP contribution in [0.3, 0.4) is 0 Å². The van der Waals surface area contributed by atoms with E-state index in [0.29, 0.717) is 33.2 Å². The summed E-state index contributed by atoms with van der Waals surface area (Å²) >= 11 is 12.6. The first-order chi connectivity index (χ1) is 12.4. The van der Waals surface area contributed by atoms with Crippen LogP contribution in [0, 0.1) is 0 Å². The molecule has 7 nitrogen and oxygen atoms in total. The van der Waals surface area contributed by atoms with Gasteiger partial charge in [-0.1, -0.05) is 40.6 Å². The maximum atomic E-state index is 12.1. The van der Waals surface area contributed by atoms with Gasteiger partial charge >= 0.3 is 17.8 Å². The van der Waals surface area contributed by atoms with Crippen LogP contribution in [0.25, 0.3) is 0 Å². The van der Waals surface area contributed by atoms with E-state index in [-0.39, 0.29) is 5.71 Å². The largest absolute Gasteiger partial charge is 0.446 e. The van der Waals surface area contributed by atoms with E-state index < -0.39 is 11.9 Å². The minimum atomic E-state index is -0.442. The number of anilines is 1. The van der Waals surface area contributed by atoms with E-state index in [9.17, 15) is 9.59 Å². The molecule has 0 saturated carbocycles. The fourth-order valence-corrected chi connectivity index (χ4v) is 3.58. The number of benzene rings is 1. The number of fused-ring (bicyclic) bond motifs is 1. The molecule has 0 unspecified atom stereocenters. The predicted octanol–water partition coefficient (Wildman–Crippen LogP) is 2.65. The minimum Gasteiger partial charge on any atom is -0.350 e. The van der Waals surface area contributed by atoms with Crippen LogP contribution in [0.5, 0.6) is 0 Å². The molecular formula is C16H15ClN5O2S2+.